The van der Waals surface area contributed by atoms with Crippen LogP contribution in [0.15, 0.2) is 35.1 Å². The summed E-state index contributed by atoms with van der Waals surface area (Å²) < 4.78 is 0. The molecular formula is C11H19N. The number of allylic oxidation sites excluding steroid dienone is 3. The molecule has 0 aromatic carbocycles. The van der Waals surface area contributed by atoms with E-state index in [2.05, 4.69) is 33.4 Å². The Hall–Kier alpha value is -0.980. The van der Waals surface area contributed by atoms with E-state index in [-0.39, 0.29) is 0 Å². The van der Waals surface area contributed by atoms with Gasteiger partial charge in [0.25, 0.3) is 0 Å². The van der Waals surface area contributed by atoms with Crippen molar-refractivity contribution in [1.29, 1.82) is 0 Å². The smallest absolute Gasteiger partial charge is 0.0316 e. The van der Waals surface area contributed by atoms with Crippen molar-refractivity contribution in [2.75, 3.05) is 0 Å². The molecule has 0 spiro atoms. The van der Waals surface area contributed by atoms with Crippen molar-refractivity contribution in [3.8, 4) is 0 Å². The number of hydrogen-bond acceptors (Lipinski definition) is 1. The minimum Gasteiger partial charge on any atom is -0.399 e. The third-order valence-corrected chi connectivity index (χ3v) is 2.11. The van der Waals surface area contributed by atoms with Crippen LogP contribution in [-0.4, -0.2) is 0 Å². The van der Waals surface area contributed by atoms with Crippen molar-refractivity contribution in [3.63, 3.8) is 0 Å². The van der Waals surface area contributed by atoms with Gasteiger partial charge in [-0.05, 0) is 38.3 Å². The molecule has 0 saturated heterocycles. The Morgan fingerprint density at radius 1 is 1.42 bits per heavy atom. The molecule has 0 unspecified atom stereocenters. The van der Waals surface area contributed by atoms with E-state index < -0.39 is 0 Å². The molecule has 0 amide bonds. The van der Waals surface area contributed by atoms with E-state index in [1.54, 1.807) is 0 Å². The summed E-state index contributed by atoms with van der Waals surface area (Å²) in [5.41, 5.74) is 10.0. The van der Waals surface area contributed by atoms with E-state index in [1.807, 2.05) is 6.92 Å². The molecule has 2 N–H and O–H groups in total. The van der Waals surface area contributed by atoms with E-state index in [0.29, 0.717) is 5.70 Å². The Bertz CT molecular complexity index is 231. The summed E-state index contributed by atoms with van der Waals surface area (Å²) in [7, 11) is 0. The van der Waals surface area contributed by atoms with Gasteiger partial charge in [0, 0.05) is 5.70 Å². The highest BCUT2D eigenvalue weighted by molar-refractivity contribution is 5.45. The third kappa shape index (κ3) is 2.57. The molecule has 0 radical (unpaired) electrons. The number of rotatable bonds is 3. The SMILES string of the molecule is C=C(N)C(=C(/C)CC)/C(C)=C/C. The molecule has 0 rings (SSSR count). The van der Waals surface area contributed by atoms with E-state index >= 15 is 0 Å². The first-order valence-corrected chi connectivity index (χ1v) is 4.32. The van der Waals surface area contributed by atoms with Gasteiger partial charge in [0.05, 0.1) is 0 Å². The first-order chi connectivity index (χ1) is 5.54. The third-order valence-electron chi connectivity index (χ3n) is 2.11. The van der Waals surface area contributed by atoms with Crippen LogP contribution in [0.4, 0.5) is 0 Å². The molecule has 0 saturated carbocycles. The van der Waals surface area contributed by atoms with Crippen molar-refractivity contribution in [1.82, 2.24) is 0 Å². The Labute approximate surface area is 75.7 Å². The minimum atomic E-state index is 0.671. The molecule has 12 heavy (non-hydrogen) atoms. The second-order valence-corrected chi connectivity index (χ2v) is 3.01. The van der Waals surface area contributed by atoms with E-state index in [1.165, 1.54) is 11.1 Å². The molecule has 0 aliphatic rings. The summed E-state index contributed by atoms with van der Waals surface area (Å²) in [6.45, 7) is 12.1. The standard InChI is InChI=1S/C11H19N/c1-6-8(3)11(10(5)12)9(4)7-2/h6H,5,7,12H2,1-4H3/b8-6+,11-9-. The molecule has 0 aliphatic carbocycles. The highest BCUT2D eigenvalue weighted by atomic mass is 14.6. The Morgan fingerprint density at radius 3 is 2.17 bits per heavy atom. The van der Waals surface area contributed by atoms with Crippen LogP contribution in [0.3, 0.4) is 0 Å². The van der Waals surface area contributed by atoms with Crippen LogP contribution >= 0.6 is 0 Å². The average Bonchev–Trinajstić information content (AvgIpc) is 2.03. The van der Waals surface area contributed by atoms with E-state index in [4.69, 9.17) is 5.73 Å². The first kappa shape index (κ1) is 11.0. The zero-order chi connectivity index (χ0) is 9.72. The lowest BCUT2D eigenvalue weighted by Gasteiger charge is -2.11. The second kappa shape index (κ2) is 4.81. The molecule has 0 aromatic heterocycles. The molecule has 0 heterocycles. The predicted molar refractivity (Wildman–Crippen MR) is 55.7 cm³/mol. The molecule has 0 aromatic rings. The molecule has 1 heteroatoms. The molecule has 0 bridgehead atoms. The molecule has 68 valence electrons. The van der Waals surface area contributed by atoms with Crippen molar-refractivity contribution >= 4 is 0 Å². The fourth-order valence-electron chi connectivity index (χ4n) is 1.19. The van der Waals surface area contributed by atoms with Crippen LogP contribution in [0.1, 0.15) is 34.1 Å². The lowest BCUT2D eigenvalue weighted by Crippen LogP contribution is -2.03. The van der Waals surface area contributed by atoms with E-state index in [9.17, 15) is 0 Å². The lowest BCUT2D eigenvalue weighted by atomic mass is 9.98. The summed E-state index contributed by atoms with van der Waals surface area (Å²) in [6, 6.07) is 0. The molecular weight excluding hydrogens is 146 g/mol. The van der Waals surface area contributed by atoms with Crippen LogP contribution in [0.25, 0.3) is 0 Å². The maximum Gasteiger partial charge on any atom is 0.0316 e. The quantitative estimate of drug-likeness (QED) is 0.639. The van der Waals surface area contributed by atoms with Gasteiger partial charge in [-0.15, -0.1) is 0 Å². The zero-order valence-electron chi connectivity index (χ0n) is 8.57. The van der Waals surface area contributed by atoms with Crippen LogP contribution in [0.5, 0.6) is 0 Å². The second-order valence-electron chi connectivity index (χ2n) is 3.01. The van der Waals surface area contributed by atoms with Crippen molar-refractivity contribution in [2.45, 2.75) is 34.1 Å². The highest BCUT2D eigenvalue weighted by Crippen LogP contribution is 2.20. The molecule has 0 atom stereocenters. The topological polar surface area (TPSA) is 26.0 Å². The first-order valence-electron chi connectivity index (χ1n) is 4.32. The monoisotopic (exact) mass is 165 g/mol. The summed E-state index contributed by atoms with van der Waals surface area (Å²) in [4.78, 5) is 0. The van der Waals surface area contributed by atoms with Crippen LogP contribution in [0.2, 0.25) is 0 Å². The lowest BCUT2D eigenvalue weighted by molar-refractivity contribution is 1.05. The summed E-state index contributed by atoms with van der Waals surface area (Å²) in [5.74, 6) is 0. The number of nitrogens with two attached hydrogens (primary N) is 1. The molecule has 0 aliphatic heterocycles. The average molecular weight is 165 g/mol. The van der Waals surface area contributed by atoms with Gasteiger partial charge in [0.2, 0.25) is 0 Å². The van der Waals surface area contributed by atoms with Crippen LogP contribution < -0.4 is 5.73 Å². The minimum absolute atomic E-state index is 0.671. The van der Waals surface area contributed by atoms with Gasteiger partial charge in [0.15, 0.2) is 0 Å². The fourth-order valence-corrected chi connectivity index (χ4v) is 1.19. The Morgan fingerprint density at radius 2 is 1.92 bits per heavy atom. The maximum atomic E-state index is 5.70. The predicted octanol–water partition coefficient (Wildman–Crippen LogP) is 3.15. The van der Waals surface area contributed by atoms with Gasteiger partial charge in [-0.1, -0.05) is 25.2 Å². The van der Waals surface area contributed by atoms with Gasteiger partial charge in [-0.3, -0.25) is 0 Å². The summed E-state index contributed by atoms with van der Waals surface area (Å²) >= 11 is 0. The summed E-state index contributed by atoms with van der Waals surface area (Å²) in [6.07, 6.45) is 3.09. The largest absolute Gasteiger partial charge is 0.399 e. The number of hydrogen-bond donors (Lipinski definition) is 1. The molecule has 1 nitrogen and oxygen atoms in total. The molecule has 0 fully saturated rings. The van der Waals surface area contributed by atoms with Crippen molar-refractivity contribution < 1.29 is 0 Å². The van der Waals surface area contributed by atoms with Crippen LogP contribution in [0, 0.1) is 0 Å². The Kier molecular flexibility index (Phi) is 4.42. The van der Waals surface area contributed by atoms with Crippen molar-refractivity contribution in [3.05, 3.63) is 35.1 Å². The Balaban J connectivity index is 5.06. The van der Waals surface area contributed by atoms with Crippen LogP contribution in [-0.2, 0) is 0 Å². The van der Waals surface area contributed by atoms with Gasteiger partial charge >= 0.3 is 0 Å². The van der Waals surface area contributed by atoms with Gasteiger partial charge in [-0.2, -0.15) is 0 Å². The van der Waals surface area contributed by atoms with Gasteiger partial charge in [-0.25, -0.2) is 0 Å². The summed E-state index contributed by atoms with van der Waals surface area (Å²) in [5, 5.41) is 0. The maximum absolute atomic E-state index is 5.70. The normalized spacial score (nSPS) is 14.2. The van der Waals surface area contributed by atoms with Crippen molar-refractivity contribution in [2.24, 2.45) is 5.73 Å². The highest BCUT2D eigenvalue weighted by Gasteiger charge is 2.03. The zero-order valence-corrected chi connectivity index (χ0v) is 8.57. The van der Waals surface area contributed by atoms with E-state index in [0.717, 1.165) is 12.0 Å². The van der Waals surface area contributed by atoms with Gasteiger partial charge < -0.3 is 5.73 Å². The fraction of sp³-hybridized carbons (Fsp3) is 0.455. The van der Waals surface area contributed by atoms with Gasteiger partial charge in [0.1, 0.15) is 0 Å².